The first kappa shape index (κ1) is 26.3. The van der Waals surface area contributed by atoms with E-state index in [0.717, 1.165) is 16.7 Å². The van der Waals surface area contributed by atoms with Gasteiger partial charge in [-0.25, -0.2) is 9.59 Å². The summed E-state index contributed by atoms with van der Waals surface area (Å²) >= 11 is 0. The van der Waals surface area contributed by atoms with Gasteiger partial charge in [-0.3, -0.25) is 4.79 Å². The lowest BCUT2D eigenvalue weighted by Crippen LogP contribution is -2.42. The Bertz CT molecular complexity index is 1100. The minimum atomic E-state index is -1.08. The van der Waals surface area contributed by atoms with Crippen LogP contribution in [-0.4, -0.2) is 31.2 Å². The zero-order valence-electron chi connectivity index (χ0n) is 20.1. The molecule has 3 aromatic rings. The van der Waals surface area contributed by atoms with E-state index in [9.17, 15) is 14.4 Å². The van der Waals surface area contributed by atoms with Gasteiger partial charge in [0.25, 0.3) is 0 Å². The first-order chi connectivity index (χ1) is 17.5. The number of hydrogen-bond acceptors (Lipinski definition) is 7. The quantitative estimate of drug-likeness (QED) is 0.293. The zero-order valence-corrected chi connectivity index (χ0v) is 20.1. The third-order valence-corrected chi connectivity index (χ3v) is 5.21. The summed E-state index contributed by atoms with van der Waals surface area (Å²) in [5.41, 5.74) is 2.40. The summed E-state index contributed by atoms with van der Waals surface area (Å²) in [5.74, 6) is -0.479. The van der Waals surface area contributed by atoms with Gasteiger partial charge in [-0.05, 0) is 35.2 Å². The van der Waals surface area contributed by atoms with Gasteiger partial charge in [-0.1, -0.05) is 72.8 Å². The van der Waals surface area contributed by atoms with Crippen molar-refractivity contribution < 1.29 is 33.3 Å². The average molecular weight is 492 g/mol. The molecule has 188 valence electrons. The molecule has 0 spiro atoms. The second-order valence-electron chi connectivity index (χ2n) is 7.90. The number of carbonyl (C=O) groups excluding carboxylic acids is 3. The van der Waals surface area contributed by atoms with Crippen molar-refractivity contribution in [2.75, 3.05) is 7.11 Å². The number of ether oxygens (including phenoxy) is 4. The Labute approximate surface area is 210 Å². The van der Waals surface area contributed by atoms with Crippen LogP contribution in [0.1, 0.15) is 29.5 Å². The monoisotopic (exact) mass is 491 g/mol. The largest absolute Gasteiger partial charge is 0.497 e. The molecular weight excluding hydrogens is 462 g/mol. The molecule has 8 heteroatoms. The van der Waals surface area contributed by atoms with E-state index in [-0.39, 0.29) is 32.7 Å². The van der Waals surface area contributed by atoms with E-state index >= 15 is 0 Å². The van der Waals surface area contributed by atoms with E-state index in [1.807, 2.05) is 60.7 Å². The summed E-state index contributed by atoms with van der Waals surface area (Å²) in [5, 5.41) is 2.51. The summed E-state index contributed by atoms with van der Waals surface area (Å²) in [7, 11) is 1.56. The van der Waals surface area contributed by atoms with E-state index < -0.39 is 24.1 Å². The van der Waals surface area contributed by atoms with Crippen molar-refractivity contribution in [1.82, 2.24) is 5.32 Å². The third kappa shape index (κ3) is 9.13. The molecule has 36 heavy (non-hydrogen) atoms. The Morgan fingerprint density at radius 3 is 1.81 bits per heavy atom. The number of alkyl carbamates (subject to hydrolysis) is 1. The van der Waals surface area contributed by atoms with Gasteiger partial charge in [-0.2, -0.15) is 0 Å². The Morgan fingerprint density at radius 1 is 0.694 bits per heavy atom. The lowest BCUT2D eigenvalue weighted by Gasteiger charge is -2.17. The van der Waals surface area contributed by atoms with Crippen LogP contribution in [0.3, 0.4) is 0 Å². The summed E-state index contributed by atoms with van der Waals surface area (Å²) in [6.07, 6.45) is -0.889. The van der Waals surface area contributed by atoms with E-state index in [0.29, 0.717) is 5.75 Å². The normalized spacial score (nSPS) is 11.1. The average Bonchev–Trinajstić information content (AvgIpc) is 2.93. The molecule has 1 N–H and O–H groups in total. The second kappa shape index (κ2) is 14.2. The van der Waals surface area contributed by atoms with Crippen molar-refractivity contribution in [3.8, 4) is 5.75 Å². The molecule has 3 aromatic carbocycles. The summed E-state index contributed by atoms with van der Waals surface area (Å²) in [4.78, 5) is 37.4. The first-order valence-corrected chi connectivity index (χ1v) is 11.5. The molecular formula is C28H29NO7. The van der Waals surface area contributed by atoms with Crippen molar-refractivity contribution in [1.29, 1.82) is 0 Å². The summed E-state index contributed by atoms with van der Waals surface area (Å²) in [6.45, 7) is 0.165. The van der Waals surface area contributed by atoms with Crippen LogP contribution >= 0.6 is 0 Å². The molecule has 0 radical (unpaired) electrons. The molecule has 0 unspecified atom stereocenters. The maximum Gasteiger partial charge on any atom is 0.408 e. The highest BCUT2D eigenvalue weighted by Crippen LogP contribution is 2.13. The number of methoxy groups -OCH3 is 1. The van der Waals surface area contributed by atoms with Crippen LogP contribution in [0, 0.1) is 0 Å². The van der Waals surface area contributed by atoms with Gasteiger partial charge in [0.05, 0.1) is 7.11 Å². The highest BCUT2D eigenvalue weighted by Gasteiger charge is 2.24. The molecule has 8 nitrogen and oxygen atoms in total. The molecule has 0 bridgehead atoms. The Hall–Kier alpha value is -4.33. The molecule has 0 aliphatic rings. The zero-order chi connectivity index (χ0) is 25.6. The molecule has 0 heterocycles. The Balaban J connectivity index is 1.53. The van der Waals surface area contributed by atoms with E-state index in [4.69, 9.17) is 18.9 Å². The molecule has 1 atom stereocenters. The van der Waals surface area contributed by atoms with Crippen molar-refractivity contribution in [2.24, 2.45) is 0 Å². The molecule has 0 aliphatic heterocycles. The van der Waals surface area contributed by atoms with Crippen LogP contribution < -0.4 is 10.1 Å². The fourth-order valence-electron chi connectivity index (χ4n) is 3.21. The van der Waals surface area contributed by atoms with Crippen molar-refractivity contribution in [3.05, 3.63) is 102 Å². The number of carbonyl (C=O) groups is 3. The van der Waals surface area contributed by atoms with Gasteiger partial charge < -0.3 is 24.3 Å². The maximum atomic E-state index is 12.7. The number of benzene rings is 3. The van der Waals surface area contributed by atoms with Gasteiger partial charge in [0.2, 0.25) is 0 Å². The number of nitrogens with one attached hydrogen (secondary N) is 1. The standard InChI is InChI=1S/C28H29NO7/c1-33-24-14-12-23(13-15-24)20-36-28(32)29-25(27(31)35-19-22-10-6-3-7-11-22)16-17-26(30)34-18-21-8-4-2-5-9-21/h2-15,25H,16-20H2,1H3,(H,29,32)/t25-/m0/s1. The first-order valence-electron chi connectivity index (χ1n) is 11.5. The van der Waals surface area contributed by atoms with Crippen LogP contribution in [0.4, 0.5) is 4.79 Å². The summed E-state index contributed by atoms with van der Waals surface area (Å²) < 4.78 is 21.0. The van der Waals surface area contributed by atoms with Crippen molar-refractivity contribution >= 4 is 18.0 Å². The Morgan fingerprint density at radius 2 is 1.22 bits per heavy atom. The van der Waals surface area contributed by atoms with E-state index in [2.05, 4.69) is 5.32 Å². The molecule has 0 fully saturated rings. The van der Waals surface area contributed by atoms with E-state index in [1.165, 1.54) is 0 Å². The van der Waals surface area contributed by atoms with E-state index in [1.54, 1.807) is 31.4 Å². The maximum absolute atomic E-state index is 12.7. The topological polar surface area (TPSA) is 100 Å². The smallest absolute Gasteiger partial charge is 0.408 e. The van der Waals surface area contributed by atoms with Crippen LogP contribution in [-0.2, 0) is 43.6 Å². The van der Waals surface area contributed by atoms with Crippen molar-refractivity contribution in [2.45, 2.75) is 38.7 Å². The number of amides is 1. The lowest BCUT2D eigenvalue weighted by atomic mass is 10.1. The molecule has 3 rings (SSSR count). The highest BCUT2D eigenvalue weighted by atomic mass is 16.6. The van der Waals surface area contributed by atoms with Gasteiger partial charge in [-0.15, -0.1) is 0 Å². The van der Waals surface area contributed by atoms with Crippen molar-refractivity contribution in [3.63, 3.8) is 0 Å². The molecule has 0 aliphatic carbocycles. The predicted molar refractivity (Wildman–Crippen MR) is 132 cm³/mol. The van der Waals surface area contributed by atoms with Gasteiger partial charge >= 0.3 is 18.0 Å². The minimum Gasteiger partial charge on any atom is -0.497 e. The highest BCUT2D eigenvalue weighted by molar-refractivity contribution is 5.82. The summed E-state index contributed by atoms with van der Waals surface area (Å²) in [6, 6.07) is 24.4. The van der Waals surface area contributed by atoms with Gasteiger partial charge in [0.15, 0.2) is 0 Å². The fourth-order valence-corrected chi connectivity index (χ4v) is 3.21. The van der Waals surface area contributed by atoms with Gasteiger partial charge in [0.1, 0.15) is 31.6 Å². The fraction of sp³-hybridized carbons (Fsp3) is 0.250. The molecule has 1 amide bonds. The predicted octanol–water partition coefficient (Wildman–Crippen LogP) is 4.56. The third-order valence-electron chi connectivity index (χ3n) is 5.21. The molecule has 0 saturated carbocycles. The Kier molecular flexibility index (Phi) is 10.3. The van der Waals surface area contributed by atoms with Crippen LogP contribution in [0.25, 0.3) is 0 Å². The number of esters is 2. The number of hydrogen-bond donors (Lipinski definition) is 1. The minimum absolute atomic E-state index is 0.000722. The molecule has 0 saturated heterocycles. The second-order valence-corrected chi connectivity index (χ2v) is 7.90. The SMILES string of the molecule is COc1ccc(COC(=O)N[C@@H](CCC(=O)OCc2ccccc2)C(=O)OCc2ccccc2)cc1. The molecule has 0 aromatic heterocycles. The number of rotatable bonds is 12. The van der Waals surface area contributed by atoms with Crippen LogP contribution in [0.2, 0.25) is 0 Å². The van der Waals surface area contributed by atoms with Crippen LogP contribution in [0.5, 0.6) is 5.75 Å². The van der Waals surface area contributed by atoms with Crippen LogP contribution in [0.15, 0.2) is 84.9 Å². The lowest BCUT2D eigenvalue weighted by molar-refractivity contribution is -0.149. The van der Waals surface area contributed by atoms with Gasteiger partial charge in [0, 0.05) is 6.42 Å².